The summed E-state index contributed by atoms with van der Waals surface area (Å²) in [4.78, 5) is 0.894. The van der Waals surface area contributed by atoms with E-state index in [4.69, 9.17) is 9.47 Å². The molecule has 2 rings (SSSR count). The highest BCUT2D eigenvalue weighted by atomic mass is 32.2. The number of ether oxygens (including phenoxy) is 2. The van der Waals surface area contributed by atoms with Crippen LogP contribution in [0.25, 0.3) is 0 Å². The molecule has 0 saturated carbocycles. The molecule has 4 heteroatoms. The van der Waals surface area contributed by atoms with Crippen LogP contribution in [0.15, 0.2) is 34.9 Å². The SMILES string of the molecule is COc1ccc(C2=S(O)C(C)=C(C)O2)cc1. The first-order valence-corrected chi connectivity index (χ1v) is 6.11. The fourth-order valence-electron chi connectivity index (χ4n) is 1.42. The van der Waals surface area contributed by atoms with Crippen molar-refractivity contribution in [3.63, 3.8) is 0 Å². The molecule has 1 atom stereocenters. The summed E-state index contributed by atoms with van der Waals surface area (Å²) in [7, 11) is 0.714. The number of methoxy groups -OCH3 is 1. The molecule has 1 N–H and O–H groups in total. The van der Waals surface area contributed by atoms with Crippen LogP contribution in [-0.2, 0) is 4.74 Å². The van der Waals surface area contributed by atoms with Gasteiger partial charge in [-0.3, -0.25) is 0 Å². The summed E-state index contributed by atoms with van der Waals surface area (Å²) in [5.41, 5.74) is 0.892. The quantitative estimate of drug-likeness (QED) is 0.804. The van der Waals surface area contributed by atoms with Gasteiger partial charge in [-0.2, -0.15) is 0 Å². The van der Waals surface area contributed by atoms with E-state index in [0.717, 1.165) is 22.0 Å². The van der Waals surface area contributed by atoms with E-state index in [0.29, 0.717) is 5.05 Å². The van der Waals surface area contributed by atoms with E-state index in [2.05, 4.69) is 0 Å². The van der Waals surface area contributed by atoms with Gasteiger partial charge in [-0.15, -0.1) is 0 Å². The summed E-state index contributed by atoms with van der Waals surface area (Å²) in [5, 5.41) is 0.623. The zero-order valence-corrected chi connectivity index (χ0v) is 10.3. The van der Waals surface area contributed by atoms with Crippen molar-refractivity contribution >= 4 is 15.8 Å². The van der Waals surface area contributed by atoms with Crippen molar-refractivity contribution in [1.29, 1.82) is 0 Å². The summed E-state index contributed by atoms with van der Waals surface area (Å²) >= 11 is 0. The van der Waals surface area contributed by atoms with Gasteiger partial charge in [0.2, 0.25) is 0 Å². The number of rotatable bonds is 2. The van der Waals surface area contributed by atoms with Gasteiger partial charge in [-0.25, -0.2) is 0 Å². The van der Waals surface area contributed by atoms with Crippen molar-refractivity contribution in [2.75, 3.05) is 7.11 Å². The van der Waals surface area contributed by atoms with Gasteiger partial charge >= 0.3 is 0 Å². The first-order chi connectivity index (χ1) is 7.63. The summed E-state index contributed by atoms with van der Waals surface area (Å²) in [6, 6.07) is 7.48. The van der Waals surface area contributed by atoms with Gasteiger partial charge in [-0.05, 0) is 38.1 Å². The molecule has 0 bridgehead atoms. The Bertz CT molecular complexity index is 472. The minimum Gasteiger partial charge on any atom is -0.497 e. The van der Waals surface area contributed by atoms with E-state index in [1.54, 1.807) is 7.11 Å². The largest absolute Gasteiger partial charge is 0.497 e. The smallest absolute Gasteiger partial charge is 0.186 e. The second kappa shape index (κ2) is 4.31. The lowest BCUT2D eigenvalue weighted by Gasteiger charge is -2.06. The topological polar surface area (TPSA) is 38.7 Å². The van der Waals surface area contributed by atoms with Gasteiger partial charge in [0.25, 0.3) is 0 Å². The maximum atomic E-state index is 9.98. The summed E-state index contributed by atoms with van der Waals surface area (Å²) in [5.74, 6) is 1.58. The molecule has 0 radical (unpaired) electrons. The average Bonchev–Trinajstić information content (AvgIpc) is 2.57. The molecule has 0 spiro atoms. The third-order valence-electron chi connectivity index (χ3n) is 2.53. The predicted molar refractivity (Wildman–Crippen MR) is 66.8 cm³/mol. The van der Waals surface area contributed by atoms with Gasteiger partial charge < -0.3 is 14.0 Å². The Morgan fingerprint density at radius 1 is 1.19 bits per heavy atom. The first-order valence-electron chi connectivity index (χ1n) is 4.93. The second-order valence-corrected chi connectivity index (χ2v) is 5.07. The van der Waals surface area contributed by atoms with E-state index in [9.17, 15) is 4.55 Å². The van der Waals surface area contributed by atoms with E-state index in [1.165, 1.54) is 0 Å². The zero-order chi connectivity index (χ0) is 11.7. The van der Waals surface area contributed by atoms with Gasteiger partial charge in [-0.1, -0.05) is 0 Å². The maximum Gasteiger partial charge on any atom is 0.186 e. The molecule has 1 aliphatic heterocycles. The molecule has 16 heavy (non-hydrogen) atoms. The monoisotopic (exact) mass is 238 g/mol. The molecule has 0 saturated heterocycles. The normalized spacial score (nSPS) is 20.0. The lowest BCUT2D eigenvalue weighted by molar-refractivity contribution is 0.414. The highest BCUT2D eigenvalue weighted by molar-refractivity contribution is 8.14. The van der Waals surface area contributed by atoms with Crippen LogP contribution in [0.4, 0.5) is 0 Å². The van der Waals surface area contributed by atoms with E-state index >= 15 is 0 Å². The van der Waals surface area contributed by atoms with Crippen LogP contribution in [0.2, 0.25) is 0 Å². The highest BCUT2D eigenvalue weighted by Crippen LogP contribution is 2.35. The molecule has 0 amide bonds. The molecular weight excluding hydrogens is 224 g/mol. The lowest BCUT2D eigenvalue weighted by Crippen LogP contribution is -2.01. The Balaban J connectivity index is 2.34. The lowest BCUT2D eigenvalue weighted by atomic mass is 10.2. The van der Waals surface area contributed by atoms with Crippen molar-refractivity contribution in [2.45, 2.75) is 13.8 Å². The van der Waals surface area contributed by atoms with Gasteiger partial charge in [0.05, 0.1) is 7.11 Å². The molecule has 1 aromatic rings. The summed E-state index contributed by atoms with van der Waals surface area (Å²) in [6.45, 7) is 3.75. The van der Waals surface area contributed by atoms with E-state index in [1.807, 2.05) is 38.1 Å². The van der Waals surface area contributed by atoms with Gasteiger partial charge in [0, 0.05) is 21.2 Å². The van der Waals surface area contributed by atoms with Crippen LogP contribution in [0.1, 0.15) is 19.4 Å². The molecule has 1 heterocycles. The number of hydrogen-bond acceptors (Lipinski definition) is 3. The maximum absolute atomic E-state index is 9.98. The Morgan fingerprint density at radius 2 is 1.81 bits per heavy atom. The van der Waals surface area contributed by atoms with Crippen molar-refractivity contribution in [1.82, 2.24) is 0 Å². The fourth-order valence-corrected chi connectivity index (χ4v) is 2.58. The number of allylic oxidation sites excluding steroid dienone is 2. The van der Waals surface area contributed by atoms with Crippen molar-refractivity contribution in [3.05, 3.63) is 40.5 Å². The summed E-state index contributed by atoms with van der Waals surface area (Å²) < 4.78 is 20.6. The number of hydrogen-bond donors (Lipinski definition) is 1. The molecule has 0 fully saturated rings. The third-order valence-corrected chi connectivity index (χ3v) is 4.07. The Hall–Kier alpha value is -1.26. The Morgan fingerprint density at radius 3 is 2.25 bits per heavy atom. The first kappa shape index (κ1) is 11.2. The third kappa shape index (κ3) is 1.86. The minimum absolute atomic E-state index is 0.623. The predicted octanol–water partition coefficient (Wildman–Crippen LogP) is 3.20. The number of benzene rings is 1. The Labute approximate surface area is 97.5 Å². The van der Waals surface area contributed by atoms with Crippen molar-refractivity contribution in [3.8, 4) is 5.75 Å². The molecule has 1 aromatic carbocycles. The highest BCUT2D eigenvalue weighted by Gasteiger charge is 2.20. The fraction of sp³-hybridized carbons (Fsp3) is 0.250. The van der Waals surface area contributed by atoms with Crippen LogP contribution in [0.5, 0.6) is 5.75 Å². The van der Waals surface area contributed by atoms with E-state index < -0.39 is 10.8 Å². The van der Waals surface area contributed by atoms with Crippen LogP contribution in [0, 0.1) is 0 Å². The van der Waals surface area contributed by atoms with Crippen molar-refractivity contribution in [2.24, 2.45) is 0 Å². The Kier molecular flexibility index (Phi) is 3.03. The van der Waals surface area contributed by atoms with Crippen LogP contribution in [-0.4, -0.2) is 16.7 Å². The molecule has 1 unspecified atom stereocenters. The summed E-state index contributed by atoms with van der Waals surface area (Å²) in [6.07, 6.45) is 0. The molecule has 1 aliphatic rings. The van der Waals surface area contributed by atoms with Gasteiger partial charge in [0.15, 0.2) is 5.05 Å². The van der Waals surface area contributed by atoms with E-state index in [-0.39, 0.29) is 0 Å². The molecule has 0 aliphatic carbocycles. The standard InChI is InChI=1S/C12H14O3S/c1-8-9(2)16(13)12(15-8)10-4-6-11(14-3)7-5-10/h4-7,13H,1-3H3. The van der Waals surface area contributed by atoms with Crippen LogP contribution < -0.4 is 4.74 Å². The van der Waals surface area contributed by atoms with Crippen LogP contribution >= 0.6 is 10.8 Å². The molecular formula is C12H14O3S. The molecule has 86 valence electrons. The minimum atomic E-state index is -0.912. The molecule has 0 aromatic heterocycles. The average molecular weight is 238 g/mol. The molecule has 3 nitrogen and oxygen atoms in total. The van der Waals surface area contributed by atoms with Crippen molar-refractivity contribution < 1.29 is 14.0 Å². The van der Waals surface area contributed by atoms with Gasteiger partial charge in [0.1, 0.15) is 11.5 Å². The zero-order valence-electron chi connectivity index (χ0n) is 9.48. The second-order valence-electron chi connectivity index (χ2n) is 3.52. The van der Waals surface area contributed by atoms with Crippen LogP contribution in [0.3, 0.4) is 0 Å².